The van der Waals surface area contributed by atoms with Crippen LogP contribution < -0.4 is 15.5 Å². The average molecular weight is 404 g/mol. The molecule has 0 aliphatic rings. The second-order valence-corrected chi connectivity index (χ2v) is 8.68. The first kappa shape index (κ1) is 21.7. The number of nitrogens with zero attached hydrogens (tertiary/aromatic N) is 3. The predicted molar refractivity (Wildman–Crippen MR) is 115 cm³/mol. The molecular formula is C20H29N5O2S. The first-order valence-corrected chi connectivity index (χ1v) is 11.1. The third kappa shape index (κ3) is 6.53. The lowest BCUT2D eigenvalue weighted by atomic mass is 10.1. The van der Waals surface area contributed by atoms with Crippen LogP contribution in [0.2, 0.25) is 0 Å². The number of nitrogens with one attached hydrogen (secondary N) is 2. The van der Waals surface area contributed by atoms with Crippen molar-refractivity contribution in [3.8, 4) is 0 Å². The van der Waals surface area contributed by atoms with Gasteiger partial charge in [-0.05, 0) is 37.1 Å². The molecule has 1 aromatic carbocycles. The van der Waals surface area contributed by atoms with Gasteiger partial charge in [-0.25, -0.2) is 18.4 Å². The van der Waals surface area contributed by atoms with Crippen LogP contribution >= 0.6 is 0 Å². The van der Waals surface area contributed by atoms with Crippen molar-refractivity contribution in [1.82, 2.24) is 15.6 Å². The number of benzene rings is 1. The largest absolute Gasteiger partial charge is 0.362 e. The van der Waals surface area contributed by atoms with E-state index in [9.17, 15) is 8.42 Å². The molecule has 0 radical (unpaired) electrons. The number of aliphatic imine (C=N–C) groups is 1. The normalized spacial score (nSPS) is 11.9. The minimum atomic E-state index is -3.16. The van der Waals surface area contributed by atoms with Crippen LogP contribution in [0.3, 0.4) is 0 Å². The molecule has 0 atom stereocenters. The maximum absolute atomic E-state index is 11.5. The highest BCUT2D eigenvalue weighted by Crippen LogP contribution is 2.15. The molecular weight excluding hydrogens is 374 g/mol. The van der Waals surface area contributed by atoms with Crippen LogP contribution in [-0.4, -0.2) is 52.8 Å². The van der Waals surface area contributed by atoms with Crippen molar-refractivity contribution in [3.05, 3.63) is 53.7 Å². The van der Waals surface area contributed by atoms with Crippen molar-refractivity contribution in [1.29, 1.82) is 0 Å². The topological polar surface area (TPSA) is 86.7 Å². The first-order valence-electron chi connectivity index (χ1n) is 9.23. The van der Waals surface area contributed by atoms with Crippen molar-refractivity contribution in [3.63, 3.8) is 0 Å². The van der Waals surface area contributed by atoms with Gasteiger partial charge in [0.1, 0.15) is 5.82 Å². The fraction of sp³-hybridized carbons (Fsp3) is 0.400. The average Bonchev–Trinajstić information content (AvgIpc) is 2.66. The molecule has 28 heavy (non-hydrogen) atoms. The summed E-state index contributed by atoms with van der Waals surface area (Å²) in [6.07, 6.45) is 3.76. The van der Waals surface area contributed by atoms with Gasteiger partial charge in [-0.2, -0.15) is 0 Å². The summed E-state index contributed by atoms with van der Waals surface area (Å²) in [4.78, 5) is 11.4. The van der Waals surface area contributed by atoms with E-state index in [-0.39, 0.29) is 0 Å². The molecule has 152 valence electrons. The van der Waals surface area contributed by atoms with E-state index in [0.717, 1.165) is 35.9 Å². The van der Waals surface area contributed by atoms with E-state index in [1.54, 1.807) is 18.3 Å². The zero-order valence-corrected chi connectivity index (χ0v) is 17.8. The van der Waals surface area contributed by atoms with Crippen LogP contribution in [0.5, 0.6) is 0 Å². The monoisotopic (exact) mass is 403 g/mol. The maximum Gasteiger partial charge on any atom is 0.191 e. The zero-order valence-electron chi connectivity index (χ0n) is 16.9. The van der Waals surface area contributed by atoms with Gasteiger partial charge >= 0.3 is 0 Å². The Morgan fingerprint density at radius 2 is 1.86 bits per heavy atom. The molecule has 8 heteroatoms. The number of pyridine rings is 1. The number of sulfone groups is 1. The lowest BCUT2D eigenvalue weighted by Crippen LogP contribution is -2.38. The first-order chi connectivity index (χ1) is 13.3. The van der Waals surface area contributed by atoms with Crippen LogP contribution in [0, 0.1) is 0 Å². The molecule has 0 amide bonds. The Bertz CT molecular complexity index is 893. The number of hydrogen-bond donors (Lipinski definition) is 2. The van der Waals surface area contributed by atoms with Crippen molar-refractivity contribution in [2.75, 3.05) is 38.3 Å². The zero-order chi connectivity index (χ0) is 20.6. The highest BCUT2D eigenvalue weighted by molar-refractivity contribution is 7.90. The number of aromatic nitrogens is 1. The van der Waals surface area contributed by atoms with Crippen LogP contribution in [0.15, 0.2) is 52.5 Å². The van der Waals surface area contributed by atoms with Gasteiger partial charge in [0, 0.05) is 45.2 Å². The Kier molecular flexibility index (Phi) is 7.80. The van der Waals surface area contributed by atoms with Gasteiger partial charge < -0.3 is 15.5 Å². The fourth-order valence-electron chi connectivity index (χ4n) is 2.69. The van der Waals surface area contributed by atoms with E-state index in [1.807, 2.05) is 50.2 Å². The van der Waals surface area contributed by atoms with Gasteiger partial charge in [0.25, 0.3) is 0 Å². The molecule has 0 fully saturated rings. The lowest BCUT2D eigenvalue weighted by molar-refractivity contribution is 0.602. The maximum atomic E-state index is 11.5. The second-order valence-electron chi connectivity index (χ2n) is 6.67. The molecule has 2 N–H and O–H groups in total. The van der Waals surface area contributed by atoms with Gasteiger partial charge in [0.15, 0.2) is 15.8 Å². The third-order valence-corrected chi connectivity index (χ3v) is 5.23. The van der Waals surface area contributed by atoms with Crippen molar-refractivity contribution in [2.45, 2.75) is 24.8 Å². The molecule has 1 heterocycles. The smallest absolute Gasteiger partial charge is 0.191 e. The molecule has 1 aromatic heterocycles. The Morgan fingerprint density at radius 1 is 1.14 bits per heavy atom. The third-order valence-electron chi connectivity index (χ3n) is 4.10. The van der Waals surface area contributed by atoms with Gasteiger partial charge in [0.05, 0.1) is 11.4 Å². The SMILES string of the molecule is CCNC(=NCc1cccnc1N(C)C)NCCc1ccc(S(C)(=O)=O)cc1. The molecule has 0 aliphatic carbocycles. The molecule has 2 rings (SSSR count). The van der Waals surface area contributed by atoms with Crippen LogP contribution in [0.25, 0.3) is 0 Å². The Hall–Kier alpha value is -2.61. The second kappa shape index (κ2) is 10.1. The summed E-state index contributed by atoms with van der Waals surface area (Å²) >= 11 is 0. The van der Waals surface area contributed by atoms with Crippen LogP contribution in [0.1, 0.15) is 18.1 Å². The summed E-state index contributed by atoms with van der Waals surface area (Å²) in [5.41, 5.74) is 2.12. The van der Waals surface area contributed by atoms with E-state index in [4.69, 9.17) is 0 Å². The van der Waals surface area contributed by atoms with Crippen LogP contribution in [-0.2, 0) is 22.8 Å². The number of hydrogen-bond acceptors (Lipinski definition) is 5. The van der Waals surface area contributed by atoms with Crippen LogP contribution in [0.4, 0.5) is 5.82 Å². The molecule has 0 saturated heterocycles. The quantitative estimate of drug-likeness (QED) is 0.517. The summed E-state index contributed by atoms with van der Waals surface area (Å²) in [6.45, 7) is 4.01. The summed E-state index contributed by atoms with van der Waals surface area (Å²) in [5.74, 6) is 1.65. The Morgan fingerprint density at radius 3 is 2.46 bits per heavy atom. The molecule has 2 aromatic rings. The van der Waals surface area contributed by atoms with Gasteiger partial charge in [-0.3, -0.25) is 0 Å². The van der Waals surface area contributed by atoms with E-state index >= 15 is 0 Å². The molecule has 0 saturated carbocycles. The molecule has 0 unspecified atom stereocenters. The highest BCUT2D eigenvalue weighted by atomic mass is 32.2. The summed E-state index contributed by atoms with van der Waals surface area (Å²) in [5, 5.41) is 6.56. The molecule has 0 aliphatic heterocycles. The highest BCUT2D eigenvalue weighted by Gasteiger charge is 2.07. The summed E-state index contributed by atoms with van der Waals surface area (Å²) in [6, 6.07) is 10.9. The lowest BCUT2D eigenvalue weighted by Gasteiger charge is -2.15. The summed E-state index contributed by atoms with van der Waals surface area (Å²) in [7, 11) is 0.775. The molecule has 7 nitrogen and oxygen atoms in total. The number of anilines is 1. The fourth-order valence-corrected chi connectivity index (χ4v) is 3.32. The van der Waals surface area contributed by atoms with Crippen molar-refractivity contribution in [2.24, 2.45) is 4.99 Å². The minimum Gasteiger partial charge on any atom is -0.362 e. The predicted octanol–water partition coefficient (Wildman–Crippen LogP) is 1.85. The van der Waals surface area contributed by atoms with E-state index < -0.39 is 9.84 Å². The number of rotatable bonds is 8. The van der Waals surface area contributed by atoms with Gasteiger partial charge in [-0.1, -0.05) is 18.2 Å². The van der Waals surface area contributed by atoms with Gasteiger partial charge in [0.2, 0.25) is 0 Å². The molecule has 0 bridgehead atoms. The van der Waals surface area contributed by atoms with Crippen molar-refractivity contribution >= 4 is 21.6 Å². The minimum absolute atomic E-state index is 0.340. The summed E-state index contributed by atoms with van der Waals surface area (Å²) < 4.78 is 23.1. The number of guanidine groups is 1. The van der Waals surface area contributed by atoms with E-state index in [2.05, 4.69) is 20.6 Å². The Balaban J connectivity index is 1.97. The Labute approximate surface area is 167 Å². The van der Waals surface area contributed by atoms with E-state index in [1.165, 1.54) is 6.26 Å². The standard InChI is InChI=1S/C20H29N5O2S/c1-5-21-20(24-15-17-7-6-13-22-19(17)25(2)3)23-14-12-16-8-10-18(11-9-16)28(4,26)27/h6-11,13H,5,12,14-15H2,1-4H3,(H2,21,23,24). The van der Waals surface area contributed by atoms with Gasteiger partial charge in [-0.15, -0.1) is 0 Å². The van der Waals surface area contributed by atoms with Crippen molar-refractivity contribution < 1.29 is 8.42 Å². The van der Waals surface area contributed by atoms with E-state index in [0.29, 0.717) is 18.0 Å². The molecule has 0 spiro atoms.